The standard InChI is InChI=1S/C15H18Cl2N6O/c1-8-14(17)10(3)22(21-8)6-5-13-19-20-15(24-13)11(4)23-9(2)12(16)7-18-23/h7,11H,5-6H2,1-4H3. The first-order valence-electron chi connectivity index (χ1n) is 7.60. The molecular formula is C15H18Cl2N6O. The van der Waals surface area contributed by atoms with Crippen molar-refractivity contribution in [2.24, 2.45) is 0 Å². The number of hydrogen-bond donors (Lipinski definition) is 0. The fraction of sp³-hybridized carbons (Fsp3) is 0.467. The van der Waals surface area contributed by atoms with Crippen molar-refractivity contribution in [2.75, 3.05) is 0 Å². The van der Waals surface area contributed by atoms with E-state index in [1.807, 2.05) is 32.4 Å². The Bertz CT molecular complexity index is 866. The summed E-state index contributed by atoms with van der Waals surface area (Å²) in [4.78, 5) is 0. The van der Waals surface area contributed by atoms with Gasteiger partial charge >= 0.3 is 0 Å². The molecular weight excluding hydrogens is 351 g/mol. The molecule has 0 N–H and O–H groups in total. The molecule has 24 heavy (non-hydrogen) atoms. The summed E-state index contributed by atoms with van der Waals surface area (Å²) in [7, 11) is 0. The van der Waals surface area contributed by atoms with Gasteiger partial charge in [0.25, 0.3) is 0 Å². The van der Waals surface area contributed by atoms with E-state index in [2.05, 4.69) is 20.4 Å². The van der Waals surface area contributed by atoms with Crippen LogP contribution in [0.1, 0.15) is 41.8 Å². The molecule has 0 aliphatic heterocycles. The predicted octanol–water partition coefficient (Wildman–Crippen LogP) is 3.55. The lowest BCUT2D eigenvalue weighted by Crippen LogP contribution is -2.10. The van der Waals surface area contributed by atoms with Gasteiger partial charge in [0.2, 0.25) is 11.8 Å². The van der Waals surface area contributed by atoms with Crippen molar-refractivity contribution in [3.05, 3.63) is 45.1 Å². The maximum atomic E-state index is 6.16. The molecule has 9 heteroatoms. The summed E-state index contributed by atoms with van der Waals surface area (Å²) in [6.07, 6.45) is 2.19. The highest BCUT2D eigenvalue weighted by molar-refractivity contribution is 6.31. The first-order valence-corrected chi connectivity index (χ1v) is 8.35. The molecule has 0 radical (unpaired) electrons. The summed E-state index contributed by atoms with van der Waals surface area (Å²) in [5.74, 6) is 1.05. The van der Waals surface area contributed by atoms with E-state index in [0.29, 0.717) is 34.8 Å². The van der Waals surface area contributed by atoms with E-state index in [0.717, 1.165) is 17.1 Å². The summed E-state index contributed by atoms with van der Waals surface area (Å²) in [5.41, 5.74) is 2.62. The summed E-state index contributed by atoms with van der Waals surface area (Å²) < 4.78 is 9.38. The molecule has 0 fully saturated rings. The molecule has 0 aromatic carbocycles. The lowest BCUT2D eigenvalue weighted by molar-refractivity contribution is 0.377. The van der Waals surface area contributed by atoms with Gasteiger partial charge in [0.15, 0.2) is 0 Å². The third kappa shape index (κ3) is 3.06. The zero-order valence-electron chi connectivity index (χ0n) is 13.9. The summed E-state index contributed by atoms with van der Waals surface area (Å²) in [5, 5.41) is 18.2. The fourth-order valence-corrected chi connectivity index (χ4v) is 2.79. The minimum Gasteiger partial charge on any atom is -0.423 e. The number of aryl methyl sites for hydroxylation is 3. The Morgan fingerprint density at radius 1 is 1.17 bits per heavy atom. The van der Waals surface area contributed by atoms with Crippen molar-refractivity contribution in [2.45, 2.75) is 46.7 Å². The number of hydrogen-bond acceptors (Lipinski definition) is 5. The molecule has 128 valence electrons. The zero-order chi connectivity index (χ0) is 17.4. The molecule has 0 aliphatic rings. The molecule has 3 aromatic rings. The lowest BCUT2D eigenvalue weighted by atomic mass is 10.3. The van der Waals surface area contributed by atoms with Crippen LogP contribution in [-0.2, 0) is 13.0 Å². The SMILES string of the molecule is Cc1nn(CCc2nnc(C(C)n3ncc(Cl)c3C)o2)c(C)c1Cl. The van der Waals surface area contributed by atoms with E-state index in [-0.39, 0.29) is 6.04 Å². The number of nitrogens with zero attached hydrogens (tertiary/aromatic N) is 6. The fourth-order valence-electron chi connectivity index (χ4n) is 2.53. The van der Waals surface area contributed by atoms with Crippen molar-refractivity contribution in [3.8, 4) is 0 Å². The average Bonchev–Trinajstić information content (AvgIpc) is 3.22. The van der Waals surface area contributed by atoms with Gasteiger partial charge < -0.3 is 4.42 Å². The second kappa shape index (κ2) is 6.57. The molecule has 0 aliphatic carbocycles. The Morgan fingerprint density at radius 3 is 2.50 bits per heavy atom. The first kappa shape index (κ1) is 17.0. The van der Waals surface area contributed by atoms with Gasteiger partial charge in [0.05, 0.1) is 33.3 Å². The number of rotatable bonds is 5. The molecule has 3 heterocycles. The normalized spacial score (nSPS) is 12.8. The van der Waals surface area contributed by atoms with Crippen LogP contribution in [0.15, 0.2) is 10.6 Å². The number of aromatic nitrogens is 6. The largest absolute Gasteiger partial charge is 0.423 e. The van der Waals surface area contributed by atoms with Gasteiger partial charge in [-0.3, -0.25) is 9.36 Å². The molecule has 0 spiro atoms. The summed E-state index contributed by atoms with van der Waals surface area (Å²) >= 11 is 12.2. The zero-order valence-corrected chi connectivity index (χ0v) is 15.4. The van der Waals surface area contributed by atoms with Crippen LogP contribution >= 0.6 is 23.2 Å². The highest BCUT2D eigenvalue weighted by atomic mass is 35.5. The van der Waals surface area contributed by atoms with Crippen LogP contribution in [0.5, 0.6) is 0 Å². The monoisotopic (exact) mass is 368 g/mol. The van der Waals surface area contributed by atoms with Crippen LogP contribution in [0.25, 0.3) is 0 Å². The van der Waals surface area contributed by atoms with Crippen molar-refractivity contribution in [1.29, 1.82) is 0 Å². The van der Waals surface area contributed by atoms with Crippen molar-refractivity contribution < 1.29 is 4.42 Å². The van der Waals surface area contributed by atoms with Crippen molar-refractivity contribution >= 4 is 23.2 Å². The van der Waals surface area contributed by atoms with E-state index in [9.17, 15) is 0 Å². The third-order valence-electron chi connectivity index (χ3n) is 4.02. The smallest absolute Gasteiger partial charge is 0.240 e. The quantitative estimate of drug-likeness (QED) is 0.688. The second-order valence-corrected chi connectivity index (χ2v) is 6.48. The maximum Gasteiger partial charge on any atom is 0.240 e. The second-order valence-electron chi connectivity index (χ2n) is 5.69. The van der Waals surface area contributed by atoms with Crippen LogP contribution in [0, 0.1) is 20.8 Å². The maximum absolute atomic E-state index is 6.16. The van der Waals surface area contributed by atoms with Crippen LogP contribution < -0.4 is 0 Å². The Morgan fingerprint density at radius 2 is 1.92 bits per heavy atom. The molecule has 1 atom stereocenters. The molecule has 7 nitrogen and oxygen atoms in total. The van der Waals surface area contributed by atoms with E-state index >= 15 is 0 Å². The Kier molecular flexibility index (Phi) is 4.64. The van der Waals surface area contributed by atoms with Crippen LogP contribution in [0.4, 0.5) is 0 Å². The first-order chi connectivity index (χ1) is 11.4. The minimum atomic E-state index is -0.179. The molecule has 0 saturated heterocycles. The molecule has 3 rings (SSSR count). The van der Waals surface area contributed by atoms with E-state index < -0.39 is 0 Å². The van der Waals surface area contributed by atoms with Gasteiger partial charge in [-0.25, -0.2) is 0 Å². The minimum absolute atomic E-state index is 0.179. The highest BCUT2D eigenvalue weighted by Crippen LogP contribution is 2.23. The Labute approximate surface area is 149 Å². The third-order valence-corrected chi connectivity index (χ3v) is 4.94. The lowest BCUT2D eigenvalue weighted by Gasteiger charge is -2.09. The van der Waals surface area contributed by atoms with Crippen LogP contribution in [0.3, 0.4) is 0 Å². The van der Waals surface area contributed by atoms with Gasteiger partial charge in [-0.1, -0.05) is 23.2 Å². The van der Waals surface area contributed by atoms with Gasteiger partial charge in [0, 0.05) is 13.0 Å². The van der Waals surface area contributed by atoms with Crippen LogP contribution in [0.2, 0.25) is 10.0 Å². The summed E-state index contributed by atoms with van der Waals surface area (Å²) in [6.45, 7) is 8.29. The molecule has 3 aromatic heterocycles. The molecule has 0 amide bonds. The van der Waals surface area contributed by atoms with Crippen LogP contribution in [-0.4, -0.2) is 29.8 Å². The summed E-state index contributed by atoms with van der Waals surface area (Å²) in [6, 6.07) is -0.179. The van der Waals surface area contributed by atoms with Gasteiger partial charge in [0.1, 0.15) is 6.04 Å². The van der Waals surface area contributed by atoms with Gasteiger partial charge in [-0.2, -0.15) is 10.2 Å². The highest BCUT2D eigenvalue weighted by Gasteiger charge is 2.19. The average molecular weight is 369 g/mol. The number of halogens is 2. The van der Waals surface area contributed by atoms with Crippen molar-refractivity contribution in [1.82, 2.24) is 29.8 Å². The van der Waals surface area contributed by atoms with Crippen molar-refractivity contribution in [3.63, 3.8) is 0 Å². The van der Waals surface area contributed by atoms with E-state index in [1.165, 1.54) is 0 Å². The molecule has 0 bridgehead atoms. The predicted molar refractivity (Wildman–Crippen MR) is 90.5 cm³/mol. The Hall–Kier alpha value is -1.86. The van der Waals surface area contributed by atoms with Gasteiger partial charge in [-0.05, 0) is 27.7 Å². The topological polar surface area (TPSA) is 74.6 Å². The Balaban J connectivity index is 1.71. The van der Waals surface area contributed by atoms with Gasteiger partial charge in [-0.15, -0.1) is 10.2 Å². The van der Waals surface area contributed by atoms with E-state index in [4.69, 9.17) is 27.6 Å². The molecule has 0 saturated carbocycles. The molecule has 1 unspecified atom stereocenters. The van der Waals surface area contributed by atoms with E-state index in [1.54, 1.807) is 10.9 Å².